The average Bonchev–Trinajstić information content (AvgIpc) is 2.54. The van der Waals surface area contributed by atoms with E-state index in [9.17, 15) is 9.59 Å². The smallest absolute Gasteiger partial charge is 0.371 e. The lowest BCUT2D eigenvalue weighted by Gasteiger charge is -2.18. The minimum absolute atomic E-state index is 0.0356. The van der Waals surface area contributed by atoms with Crippen molar-refractivity contribution in [3.05, 3.63) is 23.2 Å². The van der Waals surface area contributed by atoms with E-state index < -0.39 is 5.97 Å². The summed E-state index contributed by atoms with van der Waals surface area (Å²) in [6.45, 7) is 4.43. The van der Waals surface area contributed by atoms with Crippen LogP contribution in [0.5, 0.6) is 0 Å². The van der Waals surface area contributed by atoms with Gasteiger partial charge in [-0.05, 0) is 13.0 Å². The van der Waals surface area contributed by atoms with Crippen molar-refractivity contribution in [2.24, 2.45) is 0 Å². The molecule has 1 fully saturated rings. The lowest BCUT2D eigenvalue weighted by Crippen LogP contribution is -2.28. The highest BCUT2D eigenvalue weighted by Crippen LogP contribution is 2.17. The minimum atomic E-state index is -1.06. The molecular weight excluding hydrogens is 236 g/mol. The van der Waals surface area contributed by atoms with Crippen molar-refractivity contribution in [3.63, 3.8) is 0 Å². The zero-order valence-electron chi connectivity index (χ0n) is 10.2. The van der Waals surface area contributed by atoms with Gasteiger partial charge in [0.05, 0.1) is 0 Å². The van der Waals surface area contributed by atoms with E-state index in [0.29, 0.717) is 31.8 Å². The molecule has 1 amide bonds. The molecule has 0 radical (unpaired) electrons. The molecule has 2 heterocycles. The lowest BCUT2D eigenvalue weighted by molar-refractivity contribution is -0.120. The highest BCUT2D eigenvalue weighted by molar-refractivity contribution is 5.84. The van der Waals surface area contributed by atoms with E-state index in [1.807, 2.05) is 0 Å². The van der Waals surface area contributed by atoms with Gasteiger partial charge in [0.2, 0.25) is 11.7 Å². The predicted molar refractivity (Wildman–Crippen MR) is 63.3 cm³/mol. The summed E-state index contributed by atoms with van der Waals surface area (Å²) in [7, 11) is 0. The fraction of sp³-hybridized carbons (Fsp3) is 0.500. The van der Waals surface area contributed by atoms with E-state index in [-0.39, 0.29) is 11.7 Å². The fourth-order valence-electron chi connectivity index (χ4n) is 1.99. The van der Waals surface area contributed by atoms with Crippen LogP contribution in [0, 0.1) is 6.92 Å². The molecule has 6 nitrogen and oxygen atoms in total. The van der Waals surface area contributed by atoms with Gasteiger partial charge in [0.1, 0.15) is 5.76 Å². The molecule has 1 aromatic rings. The van der Waals surface area contributed by atoms with Crippen molar-refractivity contribution in [2.45, 2.75) is 19.9 Å². The maximum absolute atomic E-state index is 11.2. The number of carboxylic acids is 1. The molecule has 2 N–H and O–H groups in total. The second-order valence-corrected chi connectivity index (χ2v) is 4.37. The number of carbonyl (C=O) groups excluding carboxylic acids is 1. The van der Waals surface area contributed by atoms with Gasteiger partial charge in [-0.1, -0.05) is 0 Å². The van der Waals surface area contributed by atoms with Gasteiger partial charge < -0.3 is 14.8 Å². The summed E-state index contributed by atoms with van der Waals surface area (Å²) in [5.41, 5.74) is 0.863. The van der Waals surface area contributed by atoms with Crippen molar-refractivity contribution in [1.82, 2.24) is 10.2 Å². The number of furan rings is 1. The number of nitrogens with one attached hydrogen (secondary N) is 1. The summed E-state index contributed by atoms with van der Waals surface area (Å²) in [6, 6.07) is 1.55. The van der Waals surface area contributed by atoms with Gasteiger partial charge in [-0.25, -0.2) is 4.79 Å². The van der Waals surface area contributed by atoms with Crippen LogP contribution in [0.25, 0.3) is 0 Å². The number of hydrogen-bond acceptors (Lipinski definition) is 4. The van der Waals surface area contributed by atoms with E-state index in [1.165, 1.54) is 0 Å². The number of aryl methyl sites for hydroxylation is 1. The maximum atomic E-state index is 11.2. The summed E-state index contributed by atoms with van der Waals surface area (Å²) >= 11 is 0. The highest BCUT2D eigenvalue weighted by atomic mass is 16.4. The van der Waals surface area contributed by atoms with Crippen molar-refractivity contribution in [2.75, 3.05) is 19.6 Å². The molecule has 1 aromatic heterocycles. The Balaban J connectivity index is 2.04. The summed E-state index contributed by atoms with van der Waals surface area (Å²) in [6.07, 6.45) is 0.475. The number of nitrogens with zero attached hydrogens (tertiary/aromatic N) is 1. The largest absolute Gasteiger partial charge is 0.475 e. The fourth-order valence-corrected chi connectivity index (χ4v) is 1.99. The maximum Gasteiger partial charge on any atom is 0.371 e. The summed E-state index contributed by atoms with van der Waals surface area (Å²) in [5, 5.41) is 11.6. The van der Waals surface area contributed by atoms with Crippen molar-refractivity contribution < 1.29 is 19.1 Å². The molecule has 0 bridgehead atoms. The van der Waals surface area contributed by atoms with Gasteiger partial charge >= 0.3 is 5.97 Å². The van der Waals surface area contributed by atoms with Gasteiger partial charge in [-0.15, -0.1) is 0 Å². The molecule has 1 aliphatic heterocycles. The third-order valence-electron chi connectivity index (χ3n) is 3.03. The van der Waals surface area contributed by atoms with Crippen LogP contribution >= 0.6 is 0 Å². The second-order valence-electron chi connectivity index (χ2n) is 4.37. The van der Waals surface area contributed by atoms with Crippen molar-refractivity contribution in [1.29, 1.82) is 0 Å². The summed E-state index contributed by atoms with van der Waals surface area (Å²) in [4.78, 5) is 24.1. The third-order valence-corrected chi connectivity index (χ3v) is 3.03. The molecule has 0 saturated carbocycles. The third kappa shape index (κ3) is 2.89. The van der Waals surface area contributed by atoms with Crippen LogP contribution in [0.2, 0.25) is 0 Å². The molecular formula is C12H16N2O4. The number of rotatable bonds is 3. The Labute approximate surface area is 105 Å². The first-order valence-electron chi connectivity index (χ1n) is 5.88. The van der Waals surface area contributed by atoms with Crippen LogP contribution in [0.1, 0.15) is 28.3 Å². The zero-order valence-corrected chi connectivity index (χ0v) is 10.2. The number of hydrogen-bond donors (Lipinski definition) is 2. The Bertz CT molecular complexity index is 467. The molecule has 2 rings (SSSR count). The SMILES string of the molecule is Cc1oc(C(=O)O)cc1CN1CCNC(=O)CC1. The highest BCUT2D eigenvalue weighted by Gasteiger charge is 2.18. The molecule has 98 valence electrons. The quantitative estimate of drug-likeness (QED) is 0.823. The molecule has 0 aromatic carbocycles. The van der Waals surface area contributed by atoms with Crippen LogP contribution in [0.4, 0.5) is 0 Å². The molecule has 0 aliphatic carbocycles. The Morgan fingerprint density at radius 3 is 3.00 bits per heavy atom. The van der Waals surface area contributed by atoms with Gasteiger partial charge in [-0.2, -0.15) is 0 Å². The Morgan fingerprint density at radius 1 is 1.56 bits per heavy atom. The van der Waals surface area contributed by atoms with Crippen LogP contribution in [0.15, 0.2) is 10.5 Å². The van der Waals surface area contributed by atoms with Crippen molar-refractivity contribution >= 4 is 11.9 Å². The molecule has 6 heteroatoms. The predicted octanol–water partition coefficient (Wildman–Crippen LogP) is 0.608. The number of aromatic carboxylic acids is 1. The molecule has 1 saturated heterocycles. The number of carboxylic acid groups (broad SMARTS) is 1. The number of carbonyl (C=O) groups is 2. The topological polar surface area (TPSA) is 82.8 Å². The standard InChI is InChI=1S/C12H16N2O4/c1-8-9(6-10(18-8)12(16)17)7-14-4-2-11(15)13-3-5-14/h6H,2-5,7H2,1H3,(H,13,15)(H,16,17). The van der Waals surface area contributed by atoms with E-state index in [2.05, 4.69) is 10.2 Å². The van der Waals surface area contributed by atoms with Crippen LogP contribution in [-0.2, 0) is 11.3 Å². The molecule has 0 unspecified atom stereocenters. The molecule has 1 aliphatic rings. The van der Waals surface area contributed by atoms with Gasteiger partial charge in [-0.3, -0.25) is 9.69 Å². The first-order valence-corrected chi connectivity index (χ1v) is 5.88. The Kier molecular flexibility index (Phi) is 3.66. The molecule has 18 heavy (non-hydrogen) atoms. The molecule has 0 spiro atoms. The monoisotopic (exact) mass is 252 g/mol. The summed E-state index contributed by atoms with van der Waals surface area (Å²) in [5.74, 6) is -0.410. The summed E-state index contributed by atoms with van der Waals surface area (Å²) < 4.78 is 5.16. The minimum Gasteiger partial charge on any atom is -0.475 e. The van der Waals surface area contributed by atoms with E-state index in [1.54, 1.807) is 13.0 Å². The van der Waals surface area contributed by atoms with Gasteiger partial charge in [0, 0.05) is 38.2 Å². The van der Waals surface area contributed by atoms with E-state index in [4.69, 9.17) is 9.52 Å². The van der Waals surface area contributed by atoms with Gasteiger partial charge in [0.25, 0.3) is 0 Å². The first-order chi connectivity index (χ1) is 8.56. The zero-order chi connectivity index (χ0) is 13.1. The normalized spacial score (nSPS) is 17.3. The van der Waals surface area contributed by atoms with E-state index >= 15 is 0 Å². The Morgan fingerprint density at radius 2 is 2.33 bits per heavy atom. The van der Waals surface area contributed by atoms with Crippen LogP contribution < -0.4 is 5.32 Å². The second kappa shape index (κ2) is 5.22. The Hall–Kier alpha value is -1.82. The van der Waals surface area contributed by atoms with Gasteiger partial charge in [0.15, 0.2) is 0 Å². The molecule has 0 atom stereocenters. The van der Waals surface area contributed by atoms with Crippen molar-refractivity contribution in [3.8, 4) is 0 Å². The first kappa shape index (κ1) is 12.6. The van der Waals surface area contributed by atoms with Crippen LogP contribution in [0.3, 0.4) is 0 Å². The lowest BCUT2D eigenvalue weighted by atomic mass is 10.2. The average molecular weight is 252 g/mol. The van der Waals surface area contributed by atoms with Crippen LogP contribution in [-0.4, -0.2) is 41.5 Å². The van der Waals surface area contributed by atoms with E-state index in [0.717, 1.165) is 12.1 Å². The number of amides is 1.